The standard InChI is InChI=1S/C7H8O6/c8-3-1-4(6(9)10)13-5(2-3)7(11)12/h4-5H,1-2H2,(H,9,10)(H,11,12). The fourth-order valence-corrected chi connectivity index (χ4v) is 1.08. The van der Waals surface area contributed by atoms with Gasteiger partial charge in [0.15, 0.2) is 12.2 Å². The summed E-state index contributed by atoms with van der Waals surface area (Å²) in [7, 11) is 0. The maximum atomic E-state index is 10.9. The first kappa shape index (κ1) is 9.66. The minimum absolute atomic E-state index is 0.251. The van der Waals surface area contributed by atoms with E-state index in [1.165, 1.54) is 0 Å². The van der Waals surface area contributed by atoms with E-state index in [1.54, 1.807) is 0 Å². The van der Waals surface area contributed by atoms with Crippen molar-refractivity contribution in [3.05, 3.63) is 0 Å². The molecule has 0 saturated carbocycles. The Kier molecular flexibility index (Phi) is 2.62. The average Bonchev–Trinajstić information content (AvgIpc) is 2.03. The molecule has 2 N–H and O–H groups in total. The van der Waals surface area contributed by atoms with Crippen molar-refractivity contribution >= 4 is 17.7 Å². The molecule has 1 saturated heterocycles. The van der Waals surface area contributed by atoms with Crippen LogP contribution in [0.1, 0.15) is 12.8 Å². The molecule has 0 aromatic heterocycles. The van der Waals surface area contributed by atoms with E-state index in [0.29, 0.717) is 0 Å². The maximum absolute atomic E-state index is 10.9. The van der Waals surface area contributed by atoms with E-state index in [-0.39, 0.29) is 12.8 Å². The number of aliphatic carboxylic acids is 2. The molecule has 0 spiro atoms. The first-order chi connectivity index (χ1) is 6.00. The monoisotopic (exact) mass is 188 g/mol. The summed E-state index contributed by atoms with van der Waals surface area (Å²) < 4.78 is 4.66. The zero-order chi connectivity index (χ0) is 10.0. The number of ketones is 1. The summed E-state index contributed by atoms with van der Waals surface area (Å²) in [6.45, 7) is 0. The average molecular weight is 188 g/mol. The molecule has 0 bridgehead atoms. The lowest BCUT2D eigenvalue weighted by Gasteiger charge is -2.23. The third-order valence-electron chi connectivity index (χ3n) is 1.71. The van der Waals surface area contributed by atoms with Crippen LogP contribution in [-0.2, 0) is 19.1 Å². The Morgan fingerprint density at radius 1 is 1.15 bits per heavy atom. The molecular weight excluding hydrogens is 180 g/mol. The summed E-state index contributed by atoms with van der Waals surface area (Å²) in [5.41, 5.74) is 0. The summed E-state index contributed by atoms with van der Waals surface area (Å²) >= 11 is 0. The number of rotatable bonds is 2. The molecule has 6 heteroatoms. The van der Waals surface area contributed by atoms with E-state index < -0.39 is 29.9 Å². The normalized spacial score (nSPS) is 28.5. The minimum atomic E-state index is -1.32. The Morgan fingerprint density at radius 3 is 1.85 bits per heavy atom. The molecule has 1 aliphatic heterocycles. The Bertz CT molecular complexity index is 234. The van der Waals surface area contributed by atoms with E-state index >= 15 is 0 Å². The highest BCUT2D eigenvalue weighted by Gasteiger charge is 2.35. The van der Waals surface area contributed by atoms with Gasteiger partial charge in [0, 0.05) is 12.8 Å². The minimum Gasteiger partial charge on any atom is -0.479 e. The van der Waals surface area contributed by atoms with Crippen LogP contribution in [0.5, 0.6) is 0 Å². The number of Topliss-reactive ketones (excluding diaryl/α,β-unsaturated/α-hetero) is 1. The molecule has 13 heavy (non-hydrogen) atoms. The molecule has 0 amide bonds. The number of hydrogen-bond acceptors (Lipinski definition) is 4. The molecule has 1 aliphatic rings. The highest BCUT2D eigenvalue weighted by Crippen LogP contribution is 2.16. The van der Waals surface area contributed by atoms with Gasteiger partial charge in [-0.05, 0) is 0 Å². The summed E-state index contributed by atoms with van der Waals surface area (Å²) in [5, 5.41) is 17.0. The van der Waals surface area contributed by atoms with Crippen molar-refractivity contribution in [1.29, 1.82) is 0 Å². The first-order valence-electron chi connectivity index (χ1n) is 3.63. The fourth-order valence-electron chi connectivity index (χ4n) is 1.08. The van der Waals surface area contributed by atoms with Crippen molar-refractivity contribution in [2.24, 2.45) is 0 Å². The summed E-state index contributed by atoms with van der Waals surface area (Å²) in [6.07, 6.45) is -3.14. The quantitative estimate of drug-likeness (QED) is 0.592. The molecular formula is C7H8O6. The van der Waals surface area contributed by atoms with Gasteiger partial charge >= 0.3 is 11.9 Å². The maximum Gasteiger partial charge on any atom is 0.333 e. The second kappa shape index (κ2) is 3.53. The van der Waals surface area contributed by atoms with Gasteiger partial charge in [0.1, 0.15) is 5.78 Å². The van der Waals surface area contributed by atoms with Crippen molar-refractivity contribution < 1.29 is 29.3 Å². The Morgan fingerprint density at radius 2 is 1.54 bits per heavy atom. The third-order valence-corrected chi connectivity index (χ3v) is 1.71. The Balaban J connectivity index is 2.68. The van der Waals surface area contributed by atoms with Crippen LogP contribution in [-0.4, -0.2) is 40.1 Å². The number of carbonyl (C=O) groups is 3. The van der Waals surface area contributed by atoms with E-state index in [0.717, 1.165) is 0 Å². The number of ether oxygens (including phenoxy) is 1. The molecule has 1 fully saturated rings. The van der Waals surface area contributed by atoms with Gasteiger partial charge in [0.25, 0.3) is 0 Å². The second-order valence-corrected chi connectivity index (χ2v) is 2.74. The van der Waals surface area contributed by atoms with Gasteiger partial charge in [-0.25, -0.2) is 9.59 Å². The number of hydrogen-bond donors (Lipinski definition) is 2. The molecule has 0 aromatic carbocycles. The van der Waals surface area contributed by atoms with Gasteiger partial charge < -0.3 is 14.9 Å². The summed E-state index contributed by atoms with van der Waals surface area (Å²) in [5.74, 6) is -3.01. The SMILES string of the molecule is O=C1CC(C(=O)O)OC(C(=O)O)C1. The largest absolute Gasteiger partial charge is 0.479 e. The van der Waals surface area contributed by atoms with Crippen LogP contribution >= 0.6 is 0 Å². The van der Waals surface area contributed by atoms with E-state index in [9.17, 15) is 14.4 Å². The molecule has 0 aromatic rings. The van der Waals surface area contributed by atoms with E-state index in [4.69, 9.17) is 10.2 Å². The lowest BCUT2D eigenvalue weighted by atomic mass is 10.0. The molecule has 2 atom stereocenters. The number of carbonyl (C=O) groups excluding carboxylic acids is 1. The van der Waals surface area contributed by atoms with Crippen molar-refractivity contribution in [1.82, 2.24) is 0 Å². The highest BCUT2D eigenvalue weighted by molar-refractivity contribution is 5.90. The van der Waals surface area contributed by atoms with Gasteiger partial charge in [-0.2, -0.15) is 0 Å². The van der Waals surface area contributed by atoms with Crippen molar-refractivity contribution in [2.75, 3.05) is 0 Å². The second-order valence-electron chi connectivity index (χ2n) is 2.74. The first-order valence-corrected chi connectivity index (χ1v) is 3.63. The molecule has 72 valence electrons. The van der Waals surface area contributed by atoms with Gasteiger partial charge in [-0.3, -0.25) is 4.79 Å². The van der Waals surface area contributed by atoms with Crippen LogP contribution < -0.4 is 0 Å². The Labute approximate surface area is 73.1 Å². The lowest BCUT2D eigenvalue weighted by Crippen LogP contribution is -2.41. The topological polar surface area (TPSA) is 101 Å². The van der Waals surface area contributed by atoms with Crippen LogP contribution in [0.2, 0.25) is 0 Å². The molecule has 2 unspecified atom stereocenters. The molecule has 1 rings (SSSR count). The van der Waals surface area contributed by atoms with Crippen LogP contribution in [0.15, 0.2) is 0 Å². The van der Waals surface area contributed by atoms with Crippen LogP contribution in [0.25, 0.3) is 0 Å². The van der Waals surface area contributed by atoms with Crippen molar-refractivity contribution in [2.45, 2.75) is 25.0 Å². The number of carboxylic acid groups (broad SMARTS) is 2. The predicted molar refractivity (Wildman–Crippen MR) is 38.2 cm³/mol. The predicted octanol–water partition coefficient (Wildman–Crippen LogP) is -0.728. The molecule has 1 heterocycles. The van der Waals surface area contributed by atoms with E-state index in [2.05, 4.69) is 4.74 Å². The van der Waals surface area contributed by atoms with E-state index in [1.807, 2.05) is 0 Å². The highest BCUT2D eigenvalue weighted by atomic mass is 16.5. The van der Waals surface area contributed by atoms with Crippen LogP contribution in [0.4, 0.5) is 0 Å². The summed E-state index contributed by atoms with van der Waals surface area (Å²) in [6, 6.07) is 0. The van der Waals surface area contributed by atoms with Crippen LogP contribution in [0, 0.1) is 0 Å². The number of carboxylic acids is 2. The van der Waals surface area contributed by atoms with Gasteiger partial charge in [-0.1, -0.05) is 0 Å². The fraction of sp³-hybridized carbons (Fsp3) is 0.571. The van der Waals surface area contributed by atoms with Gasteiger partial charge in [-0.15, -0.1) is 0 Å². The van der Waals surface area contributed by atoms with Crippen molar-refractivity contribution in [3.63, 3.8) is 0 Å². The Hall–Kier alpha value is -1.43. The summed E-state index contributed by atoms with van der Waals surface area (Å²) in [4.78, 5) is 31.7. The lowest BCUT2D eigenvalue weighted by molar-refractivity contribution is -0.174. The van der Waals surface area contributed by atoms with Crippen molar-refractivity contribution in [3.8, 4) is 0 Å². The molecule has 0 radical (unpaired) electrons. The zero-order valence-electron chi connectivity index (χ0n) is 6.60. The third kappa shape index (κ3) is 2.25. The molecule has 6 nitrogen and oxygen atoms in total. The van der Waals surface area contributed by atoms with Gasteiger partial charge in [0.05, 0.1) is 0 Å². The molecule has 0 aliphatic carbocycles. The zero-order valence-corrected chi connectivity index (χ0v) is 6.60. The van der Waals surface area contributed by atoms with Crippen LogP contribution in [0.3, 0.4) is 0 Å². The smallest absolute Gasteiger partial charge is 0.333 e. The van der Waals surface area contributed by atoms with Gasteiger partial charge in [0.2, 0.25) is 0 Å².